The van der Waals surface area contributed by atoms with Crippen LogP contribution in [-0.4, -0.2) is 77.9 Å². The lowest BCUT2D eigenvalue weighted by Crippen LogP contribution is -2.44. The van der Waals surface area contributed by atoms with E-state index in [1.807, 2.05) is 29.2 Å². The maximum Gasteiger partial charge on any atom is 0.254 e. The van der Waals surface area contributed by atoms with Crippen LogP contribution in [0.25, 0.3) is 22.2 Å². The van der Waals surface area contributed by atoms with Crippen LogP contribution < -0.4 is 0 Å². The number of para-hydroxylation sites is 1. The highest BCUT2D eigenvalue weighted by molar-refractivity contribution is 6.07. The highest BCUT2D eigenvalue weighted by Crippen LogP contribution is 2.29. The number of hydrogen-bond acceptors (Lipinski definition) is 4. The van der Waals surface area contributed by atoms with Gasteiger partial charge in [-0.25, -0.2) is 13.8 Å². The summed E-state index contributed by atoms with van der Waals surface area (Å²) in [5.74, 6) is -1.87. The summed E-state index contributed by atoms with van der Waals surface area (Å²) in [6.07, 6.45) is 1.94. The lowest BCUT2D eigenvalue weighted by molar-refractivity contribution is 0.0708. The van der Waals surface area contributed by atoms with Crippen LogP contribution in [0.3, 0.4) is 0 Å². The van der Waals surface area contributed by atoms with E-state index in [-0.39, 0.29) is 11.9 Å². The number of fused-ring (bicyclic) bond motifs is 1. The van der Waals surface area contributed by atoms with Crippen molar-refractivity contribution in [2.24, 2.45) is 0 Å². The van der Waals surface area contributed by atoms with E-state index in [0.29, 0.717) is 28.9 Å². The first-order valence-electron chi connectivity index (χ1n) is 12.5. The molecule has 0 bridgehead atoms. The van der Waals surface area contributed by atoms with Crippen LogP contribution in [0.5, 0.6) is 0 Å². The fourth-order valence-corrected chi connectivity index (χ4v) is 4.91. The molecule has 5 nitrogen and oxygen atoms in total. The summed E-state index contributed by atoms with van der Waals surface area (Å²) in [6.45, 7) is 9.93. The maximum atomic E-state index is 13.9. The molecule has 7 heteroatoms. The van der Waals surface area contributed by atoms with Gasteiger partial charge < -0.3 is 14.7 Å². The van der Waals surface area contributed by atoms with Gasteiger partial charge in [-0.3, -0.25) is 4.79 Å². The number of carbonyl (C=O) groups is 1. The lowest BCUT2D eigenvalue weighted by Gasteiger charge is -2.30. The number of halogens is 2. The summed E-state index contributed by atoms with van der Waals surface area (Å²) in [6, 6.07) is 13.1. The summed E-state index contributed by atoms with van der Waals surface area (Å²) < 4.78 is 27.4. The smallest absolute Gasteiger partial charge is 0.254 e. The summed E-state index contributed by atoms with van der Waals surface area (Å²) in [5.41, 5.74) is 2.11. The van der Waals surface area contributed by atoms with Crippen molar-refractivity contribution in [3.8, 4) is 11.3 Å². The standard InChI is InChI=1S/C28H34F2N4O/c1-4-33(5-2)16-15-32(3)19-21-9-8-14-34(21)28(35)23-18-27(20-12-13-24(29)25(30)17-20)31-26-11-7-6-10-22(23)26/h6-7,10-13,17-18,21H,4-5,8-9,14-16,19H2,1-3H3. The number of benzene rings is 2. The molecule has 3 aromatic rings. The molecule has 0 radical (unpaired) electrons. The normalized spacial score (nSPS) is 16.1. The van der Waals surface area contributed by atoms with Crippen molar-refractivity contribution in [3.05, 3.63) is 65.7 Å². The Morgan fingerprint density at radius 1 is 1.06 bits per heavy atom. The van der Waals surface area contributed by atoms with Gasteiger partial charge in [0, 0.05) is 43.2 Å². The highest BCUT2D eigenvalue weighted by atomic mass is 19.2. The van der Waals surface area contributed by atoms with Crippen LogP contribution in [0.2, 0.25) is 0 Å². The average molecular weight is 481 g/mol. The molecule has 0 N–H and O–H groups in total. The molecule has 35 heavy (non-hydrogen) atoms. The predicted molar refractivity (Wildman–Crippen MR) is 136 cm³/mol. The van der Waals surface area contributed by atoms with Crippen molar-refractivity contribution in [2.75, 3.05) is 46.3 Å². The molecule has 0 spiro atoms. The van der Waals surface area contributed by atoms with Gasteiger partial charge in [0.15, 0.2) is 11.6 Å². The minimum atomic E-state index is -0.933. The Labute approximate surface area is 206 Å². The largest absolute Gasteiger partial charge is 0.334 e. The summed E-state index contributed by atoms with van der Waals surface area (Å²) >= 11 is 0. The van der Waals surface area contributed by atoms with Gasteiger partial charge in [-0.05, 0) is 63.3 Å². The Bertz CT molecular complexity index is 1180. The molecule has 1 unspecified atom stereocenters. The van der Waals surface area contributed by atoms with Crippen molar-refractivity contribution >= 4 is 16.8 Å². The first kappa shape index (κ1) is 25.2. The number of nitrogens with zero attached hydrogens (tertiary/aromatic N) is 4. The number of hydrogen-bond donors (Lipinski definition) is 0. The van der Waals surface area contributed by atoms with Crippen molar-refractivity contribution in [2.45, 2.75) is 32.7 Å². The number of amides is 1. The molecule has 1 fully saturated rings. The quantitative estimate of drug-likeness (QED) is 0.429. The Balaban J connectivity index is 1.60. The van der Waals surface area contributed by atoms with Gasteiger partial charge in [0.1, 0.15) is 0 Å². The van der Waals surface area contributed by atoms with E-state index in [0.717, 1.165) is 63.1 Å². The van der Waals surface area contributed by atoms with Crippen molar-refractivity contribution < 1.29 is 13.6 Å². The third-order valence-electron chi connectivity index (χ3n) is 7.01. The molecule has 2 aromatic carbocycles. The van der Waals surface area contributed by atoms with Gasteiger partial charge in [0.2, 0.25) is 0 Å². The van der Waals surface area contributed by atoms with Crippen LogP contribution in [0.1, 0.15) is 37.0 Å². The number of aromatic nitrogens is 1. The molecule has 1 aromatic heterocycles. The molecule has 186 valence electrons. The summed E-state index contributed by atoms with van der Waals surface area (Å²) in [7, 11) is 2.12. The molecular formula is C28H34F2N4O. The van der Waals surface area contributed by atoms with E-state index in [4.69, 9.17) is 0 Å². The fourth-order valence-electron chi connectivity index (χ4n) is 4.91. The number of pyridine rings is 1. The SMILES string of the molecule is CCN(CC)CCN(C)CC1CCCN1C(=O)c1cc(-c2ccc(F)c(F)c2)nc2ccccc12. The fraction of sp³-hybridized carbons (Fsp3) is 0.429. The molecule has 4 rings (SSSR count). The molecule has 0 saturated carbocycles. The third kappa shape index (κ3) is 5.68. The molecule has 1 atom stereocenters. The minimum Gasteiger partial charge on any atom is -0.334 e. The summed E-state index contributed by atoms with van der Waals surface area (Å²) in [5, 5.41) is 0.768. The van der Waals surface area contributed by atoms with Gasteiger partial charge in [0.25, 0.3) is 5.91 Å². The molecule has 0 aliphatic carbocycles. The molecule has 2 heterocycles. The second kappa shape index (κ2) is 11.2. The Hall–Kier alpha value is -2.90. The maximum absolute atomic E-state index is 13.9. The van der Waals surface area contributed by atoms with E-state index in [1.165, 1.54) is 6.07 Å². The van der Waals surface area contributed by atoms with Gasteiger partial charge in [-0.1, -0.05) is 32.0 Å². The zero-order valence-corrected chi connectivity index (χ0v) is 20.8. The number of likely N-dealkylation sites (N-methyl/N-ethyl adjacent to an activating group) is 2. The second-order valence-electron chi connectivity index (χ2n) is 9.28. The molecule has 1 aliphatic rings. The van der Waals surface area contributed by atoms with Gasteiger partial charge in [0.05, 0.1) is 16.8 Å². The van der Waals surface area contributed by atoms with Gasteiger partial charge in [-0.15, -0.1) is 0 Å². The van der Waals surface area contributed by atoms with E-state index in [1.54, 1.807) is 6.07 Å². The molecular weight excluding hydrogens is 446 g/mol. The Morgan fingerprint density at radius 3 is 2.57 bits per heavy atom. The van der Waals surface area contributed by atoms with E-state index < -0.39 is 11.6 Å². The molecule has 1 amide bonds. The Kier molecular flexibility index (Phi) is 8.08. The second-order valence-corrected chi connectivity index (χ2v) is 9.28. The number of carbonyl (C=O) groups excluding carboxylic acids is 1. The first-order valence-corrected chi connectivity index (χ1v) is 12.5. The van der Waals surface area contributed by atoms with E-state index in [2.05, 4.69) is 35.7 Å². The first-order chi connectivity index (χ1) is 16.9. The van der Waals surface area contributed by atoms with Gasteiger partial charge >= 0.3 is 0 Å². The van der Waals surface area contributed by atoms with Crippen LogP contribution in [0, 0.1) is 11.6 Å². The van der Waals surface area contributed by atoms with Crippen LogP contribution in [-0.2, 0) is 0 Å². The number of rotatable bonds is 9. The van der Waals surface area contributed by atoms with Crippen molar-refractivity contribution in [1.29, 1.82) is 0 Å². The average Bonchev–Trinajstić information content (AvgIpc) is 3.33. The van der Waals surface area contributed by atoms with Crippen LogP contribution in [0.15, 0.2) is 48.5 Å². The molecule has 1 saturated heterocycles. The van der Waals surface area contributed by atoms with Gasteiger partial charge in [-0.2, -0.15) is 0 Å². The van der Waals surface area contributed by atoms with Crippen molar-refractivity contribution in [1.82, 2.24) is 19.7 Å². The monoisotopic (exact) mass is 480 g/mol. The topological polar surface area (TPSA) is 39.7 Å². The van der Waals surface area contributed by atoms with Crippen LogP contribution in [0.4, 0.5) is 8.78 Å². The Morgan fingerprint density at radius 2 is 1.83 bits per heavy atom. The predicted octanol–water partition coefficient (Wildman–Crippen LogP) is 5.06. The van der Waals surface area contributed by atoms with E-state index >= 15 is 0 Å². The number of likely N-dealkylation sites (tertiary alicyclic amines) is 1. The van der Waals surface area contributed by atoms with Crippen molar-refractivity contribution in [3.63, 3.8) is 0 Å². The van der Waals surface area contributed by atoms with E-state index in [9.17, 15) is 13.6 Å². The summed E-state index contributed by atoms with van der Waals surface area (Å²) in [4.78, 5) is 25.2. The zero-order chi connectivity index (χ0) is 24.9. The third-order valence-corrected chi connectivity index (χ3v) is 7.01. The lowest BCUT2D eigenvalue weighted by atomic mass is 10.0. The highest BCUT2D eigenvalue weighted by Gasteiger charge is 2.31. The zero-order valence-electron chi connectivity index (χ0n) is 20.8. The minimum absolute atomic E-state index is 0.0351. The van der Waals surface area contributed by atoms with Crippen LogP contribution >= 0.6 is 0 Å². The molecule has 1 aliphatic heterocycles.